The van der Waals surface area contributed by atoms with Gasteiger partial charge in [0.15, 0.2) is 0 Å². The first-order valence-corrected chi connectivity index (χ1v) is 8.62. The van der Waals surface area contributed by atoms with Crippen LogP contribution in [-0.2, 0) is 14.8 Å². The van der Waals surface area contributed by atoms with E-state index in [4.69, 9.17) is 5.73 Å². The number of carbonyl (C=O) groups is 1. The molecule has 0 spiro atoms. The summed E-state index contributed by atoms with van der Waals surface area (Å²) in [6.07, 6.45) is 1.66. The number of benzene rings is 1. The first kappa shape index (κ1) is 19.8. The van der Waals surface area contributed by atoms with Crippen molar-refractivity contribution in [3.63, 3.8) is 0 Å². The van der Waals surface area contributed by atoms with Crippen LogP contribution in [0.4, 0.5) is 4.39 Å². The van der Waals surface area contributed by atoms with Crippen LogP contribution in [-0.4, -0.2) is 44.4 Å². The minimum absolute atomic E-state index is 0. The molecule has 1 aliphatic rings. The number of amides is 1. The van der Waals surface area contributed by atoms with Gasteiger partial charge in [-0.3, -0.25) is 4.79 Å². The summed E-state index contributed by atoms with van der Waals surface area (Å²) in [4.78, 5) is 13.5. The van der Waals surface area contributed by atoms with E-state index in [2.05, 4.69) is 4.72 Å². The second-order valence-electron chi connectivity index (χ2n) is 5.34. The first-order chi connectivity index (χ1) is 10.4. The predicted octanol–water partition coefficient (Wildman–Crippen LogP) is 0.864. The zero-order valence-electron chi connectivity index (χ0n) is 12.7. The lowest BCUT2D eigenvalue weighted by Crippen LogP contribution is -2.50. The maximum Gasteiger partial charge on any atom is 0.244 e. The third kappa shape index (κ3) is 4.41. The number of hydrogen-bond acceptors (Lipinski definition) is 4. The monoisotopic (exact) mass is 365 g/mol. The summed E-state index contributed by atoms with van der Waals surface area (Å²) < 4.78 is 40.2. The molecule has 23 heavy (non-hydrogen) atoms. The van der Waals surface area contributed by atoms with Crippen molar-refractivity contribution in [2.45, 2.75) is 36.7 Å². The van der Waals surface area contributed by atoms with Crippen molar-refractivity contribution in [1.29, 1.82) is 0 Å². The maximum atomic E-state index is 13.6. The standard InChI is InChI=1S/C14H20FN3O3S.ClH/c1-10(14(19)18-8-4-5-11(18)9-16)17-22(20,21)13-7-3-2-6-12(13)15;/h2-3,6-7,10-11,17H,4-5,8-9,16H2,1H3;1H. The summed E-state index contributed by atoms with van der Waals surface area (Å²) >= 11 is 0. The topological polar surface area (TPSA) is 92.5 Å². The molecule has 0 saturated carbocycles. The summed E-state index contributed by atoms with van der Waals surface area (Å²) in [7, 11) is -4.09. The van der Waals surface area contributed by atoms with E-state index in [1.165, 1.54) is 19.1 Å². The lowest BCUT2D eigenvalue weighted by molar-refractivity contribution is -0.133. The molecular weight excluding hydrogens is 345 g/mol. The molecule has 0 bridgehead atoms. The van der Waals surface area contributed by atoms with Crippen LogP contribution in [0.2, 0.25) is 0 Å². The highest BCUT2D eigenvalue weighted by molar-refractivity contribution is 7.89. The average Bonchev–Trinajstić information content (AvgIpc) is 2.94. The van der Waals surface area contributed by atoms with E-state index in [-0.39, 0.29) is 24.4 Å². The normalized spacial score (nSPS) is 19.3. The average molecular weight is 366 g/mol. The largest absolute Gasteiger partial charge is 0.337 e. The van der Waals surface area contributed by atoms with Crippen molar-refractivity contribution in [1.82, 2.24) is 9.62 Å². The van der Waals surface area contributed by atoms with E-state index < -0.39 is 26.8 Å². The van der Waals surface area contributed by atoms with Crippen molar-refractivity contribution in [3.05, 3.63) is 30.1 Å². The minimum atomic E-state index is -4.09. The van der Waals surface area contributed by atoms with Crippen LogP contribution in [0, 0.1) is 5.82 Å². The number of hydrogen-bond donors (Lipinski definition) is 2. The molecule has 1 amide bonds. The van der Waals surface area contributed by atoms with Gasteiger partial charge >= 0.3 is 0 Å². The maximum absolute atomic E-state index is 13.6. The molecule has 130 valence electrons. The quantitative estimate of drug-likeness (QED) is 0.809. The van der Waals surface area contributed by atoms with Gasteiger partial charge in [-0.1, -0.05) is 12.1 Å². The van der Waals surface area contributed by atoms with Crippen LogP contribution in [0.3, 0.4) is 0 Å². The molecule has 0 aromatic heterocycles. The van der Waals surface area contributed by atoms with Gasteiger partial charge in [-0.25, -0.2) is 12.8 Å². The molecule has 1 fully saturated rings. The number of halogens is 2. The fraction of sp³-hybridized carbons (Fsp3) is 0.500. The van der Waals surface area contributed by atoms with Gasteiger partial charge in [0, 0.05) is 19.1 Å². The van der Waals surface area contributed by atoms with Crippen LogP contribution < -0.4 is 10.5 Å². The van der Waals surface area contributed by atoms with Crippen molar-refractivity contribution in [2.24, 2.45) is 5.73 Å². The Morgan fingerprint density at radius 1 is 1.48 bits per heavy atom. The molecule has 0 radical (unpaired) electrons. The molecule has 1 aromatic rings. The van der Waals surface area contributed by atoms with E-state index >= 15 is 0 Å². The summed E-state index contributed by atoms with van der Waals surface area (Å²) in [5.74, 6) is -1.19. The zero-order chi connectivity index (χ0) is 16.3. The number of nitrogens with two attached hydrogens (primary N) is 1. The SMILES string of the molecule is CC(NS(=O)(=O)c1ccccc1F)C(=O)N1CCCC1CN.Cl. The van der Waals surface area contributed by atoms with E-state index in [9.17, 15) is 17.6 Å². The molecule has 1 saturated heterocycles. The highest BCUT2D eigenvalue weighted by Crippen LogP contribution is 2.18. The fourth-order valence-corrected chi connectivity index (χ4v) is 3.90. The van der Waals surface area contributed by atoms with Gasteiger partial charge in [-0.05, 0) is 31.9 Å². The van der Waals surface area contributed by atoms with Crippen LogP contribution in [0.25, 0.3) is 0 Å². The Hall–Kier alpha value is -1.22. The van der Waals surface area contributed by atoms with Gasteiger partial charge in [0.2, 0.25) is 15.9 Å². The predicted molar refractivity (Wildman–Crippen MR) is 87.2 cm³/mol. The molecule has 1 aliphatic heterocycles. The molecule has 2 unspecified atom stereocenters. The van der Waals surface area contributed by atoms with Crippen molar-refractivity contribution >= 4 is 28.3 Å². The third-order valence-corrected chi connectivity index (χ3v) is 5.33. The van der Waals surface area contributed by atoms with Crippen LogP contribution in [0.15, 0.2) is 29.2 Å². The van der Waals surface area contributed by atoms with Crippen LogP contribution >= 0.6 is 12.4 Å². The van der Waals surface area contributed by atoms with Crippen LogP contribution in [0.1, 0.15) is 19.8 Å². The van der Waals surface area contributed by atoms with Crippen molar-refractivity contribution in [2.75, 3.05) is 13.1 Å². The van der Waals surface area contributed by atoms with E-state index in [1.54, 1.807) is 4.90 Å². The van der Waals surface area contributed by atoms with Gasteiger partial charge in [-0.15, -0.1) is 12.4 Å². The van der Waals surface area contributed by atoms with Gasteiger partial charge in [-0.2, -0.15) is 4.72 Å². The number of carbonyl (C=O) groups excluding carboxylic acids is 1. The Labute approximate surface area is 141 Å². The highest BCUT2D eigenvalue weighted by atomic mass is 35.5. The number of likely N-dealkylation sites (tertiary alicyclic amines) is 1. The third-order valence-electron chi connectivity index (χ3n) is 3.76. The van der Waals surface area contributed by atoms with Crippen LogP contribution in [0.5, 0.6) is 0 Å². The lowest BCUT2D eigenvalue weighted by atomic mass is 10.2. The minimum Gasteiger partial charge on any atom is -0.337 e. The Morgan fingerprint density at radius 2 is 2.13 bits per heavy atom. The number of nitrogens with one attached hydrogen (secondary N) is 1. The van der Waals surface area contributed by atoms with Crippen molar-refractivity contribution < 1.29 is 17.6 Å². The molecule has 9 heteroatoms. The molecule has 0 aliphatic carbocycles. The Morgan fingerprint density at radius 3 is 2.74 bits per heavy atom. The molecule has 1 heterocycles. The zero-order valence-corrected chi connectivity index (χ0v) is 14.4. The number of rotatable bonds is 5. The molecule has 6 nitrogen and oxygen atoms in total. The smallest absolute Gasteiger partial charge is 0.244 e. The second-order valence-corrected chi connectivity index (χ2v) is 7.02. The lowest BCUT2D eigenvalue weighted by Gasteiger charge is -2.26. The van der Waals surface area contributed by atoms with E-state index in [0.717, 1.165) is 25.0 Å². The summed E-state index contributed by atoms with van der Waals surface area (Å²) in [6, 6.07) is 4.01. The Bertz CT molecular complexity index is 656. The van der Waals surface area contributed by atoms with Gasteiger partial charge < -0.3 is 10.6 Å². The van der Waals surface area contributed by atoms with Gasteiger partial charge in [0.05, 0.1) is 6.04 Å². The number of nitrogens with zero attached hydrogens (tertiary/aromatic N) is 1. The Kier molecular flexibility index (Phi) is 6.94. The van der Waals surface area contributed by atoms with E-state index in [1.807, 2.05) is 0 Å². The van der Waals surface area contributed by atoms with Gasteiger partial charge in [0.1, 0.15) is 10.7 Å². The van der Waals surface area contributed by atoms with E-state index in [0.29, 0.717) is 13.1 Å². The molecule has 2 rings (SSSR count). The van der Waals surface area contributed by atoms with Crippen molar-refractivity contribution in [3.8, 4) is 0 Å². The number of sulfonamides is 1. The second kappa shape index (κ2) is 8.05. The first-order valence-electron chi connectivity index (χ1n) is 7.14. The summed E-state index contributed by atoms with van der Waals surface area (Å²) in [6.45, 7) is 2.36. The molecule has 3 N–H and O–H groups in total. The summed E-state index contributed by atoms with van der Waals surface area (Å²) in [5, 5.41) is 0. The molecule has 2 atom stereocenters. The Balaban J connectivity index is 0.00000264. The highest BCUT2D eigenvalue weighted by Gasteiger charge is 2.32. The molecule has 1 aromatic carbocycles. The summed E-state index contributed by atoms with van der Waals surface area (Å²) in [5.41, 5.74) is 5.62. The fourth-order valence-electron chi connectivity index (χ4n) is 2.63. The molecular formula is C14H21ClFN3O3S. The van der Waals surface area contributed by atoms with Gasteiger partial charge in [0.25, 0.3) is 0 Å².